The van der Waals surface area contributed by atoms with Gasteiger partial charge in [-0.15, -0.1) is 0 Å². The Balaban J connectivity index is 1.59. The maximum Gasteiger partial charge on any atom is 0.255 e. The number of hydrogen-bond donors (Lipinski definition) is 2. The molecular weight excluding hydrogens is 400 g/mol. The first-order valence-electron chi connectivity index (χ1n) is 8.30. The van der Waals surface area contributed by atoms with Gasteiger partial charge in [0.25, 0.3) is 5.91 Å². The van der Waals surface area contributed by atoms with Crippen LogP contribution >= 0.6 is 11.6 Å². The molecule has 8 heteroatoms. The van der Waals surface area contributed by atoms with Gasteiger partial charge in [-0.1, -0.05) is 29.8 Å². The molecule has 1 heterocycles. The number of para-hydroxylation sites is 1. The van der Waals surface area contributed by atoms with E-state index in [0.29, 0.717) is 16.8 Å². The molecule has 0 radical (unpaired) electrons. The summed E-state index contributed by atoms with van der Waals surface area (Å²) < 4.78 is 30.8. The summed E-state index contributed by atoms with van der Waals surface area (Å²) in [6, 6.07) is 17.5. The van der Waals surface area contributed by atoms with Gasteiger partial charge in [-0.25, -0.2) is 8.42 Å². The summed E-state index contributed by atoms with van der Waals surface area (Å²) in [5.74, 6) is -0.372. The molecule has 28 heavy (non-hydrogen) atoms. The molecule has 4 aromatic rings. The standard InChI is InChI=1S/C20H15ClN2O4S/c1-28(25,26)23-17-9-6-12(10-16(17)21)20(24)22-13-7-8-15-14-4-2-3-5-18(14)27-19(15)11-13/h2-11,23H,1H3,(H,22,24). The number of fused-ring (bicyclic) bond motifs is 3. The van der Waals surface area contributed by atoms with E-state index in [4.69, 9.17) is 16.0 Å². The van der Waals surface area contributed by atoms with Gasteiger partial charge in [0.1, 0.15) is 11.2 Å². The summed E-state index contributed by atoms with van der Waals surface area (Å²) in [7, 11) is -3.46. The highest BCUT2D eigenvalue weighted by atomic mass is 35.5. The molecule has 0 fully saturated rings. The van der Waals surface area contributed by atoms with Gasteiger partial charge in [-0.3, -0.25) is 9.52 Å². The van der Waals surface area contributed by atoms with Crippen LogP contribution in [0.3, 0.4) is 0 Å². The van der Waals surface area contributed by atoms with Gasteiger partial charge < -0.3 is 9.73 Å². The molecule has 0 unspecified atom stereocenters. The maximum absolute atomic E-state index is 12.5. The Morgan fingerprint density at radius 3 is 2.46 bits per heavy atom. The van der Waals surface area contributed by atoms with E-state index in [9.17, 15) is 13.2 Å². The molecule has 0 saturated carbocycles. The smallest absolute Gasteiger partial charge is 0.255 e. The number of anilines is 2. The molecule has 6 nitrogen and oxygen atoms in total. The highest BCUT2D eigenvalue weighted by Crippen LogP contribution is 2.30. The molecule has 0 saturated heterocycles. The van der Waals surface area contributed by atoms with Crippen molar-refractivity contribution in [3.63, 3.8) is 0 Å². The monoisotopic (exact) mass is 414 g/mol. The van der Waals surface area contributed by atoms with Crippen LogP contribution in [0.5, 0.6) is 0 Å². The molecule has 0 spiro atoms. The van der Waals surface area contributed by atoms with E-state index in [1.807, 2.05) is 30.3 Å². The molecule has 0 bridgehead atoms. The summed E-state index contributed by atoms with van der Waals surface area (Å²) in [5.41, 5.74) is 2.54. The van der Waals surface area contributed by atoms with E-state index in [0.717, 1.165) is 22.6 Å². The first kappa shape index (κ1) is 18.3. The average Bonchev–Trinajstić information content (AvgIpc) is 3.00. The van der Waals surface area contributed by atoms with Crippen LogP contribution in [0.25, 0.3) is 21.9 Å². The lowest BCUT2D eigenvalue weighted by molar-refractivity contribution is 0.102. The number of halogens is 1. The highest BCUT2D eigenvalue weighted by molar-refractivity contribution is 7.92. The fraction of sp³-hybridized carbons (Fsp3) is 0.0500. The van der Waals surface area contributed by atoms with Crippen molar-refractivity contribution in [3.8, 4) is 0 Å². The van der Waals surface area contributed by atoms with E-state index < -0.39 is 10.0 Å². The number of carbonyl (C=O) groups excluding carboxylic acids is 1. The first-order chi connectivity index (χ1) is 13.3. The minimum atomic E-state index is -3.46. The lowest BCUT2D eigenvalue weighted by atomic mass is 10.1. The Bertz CT molecular complexity index is 1330. The van der Waals surface area contributed by atoms with Crippen LogP contribution in [-0.4, -0.2) is 20.6 Å². The quantitative estimate of drug-likeness (QED) is 0.499. The molecule has 4 rings (SSSR count). The van der Waals surface area contributed by atoms with Crippen molar-refractivity contribution in [2.24, 2.45) is 0 Å². The van der Waals surface area contributed by atoms with Gasteiger partial charge >= 0.3 is 0 Å². The number of sulfonamides is 1. The summed E-state index contributed by atoms with van der Waals surface area (Å²) in [4.78, 5) is 12.5. The number of carbonyl (C=O) groups is 1. The van der Waals surface area contributed by atoms with E-state index in [1.54, 1.807) is 12.1 Å². The van der Waals surface area contributed by atoms with Crippen LogP contribution in [0.1, 0.15) is 10.4 Å². The molecule has 0 atom stereocenters. The van der Waals surface area contributed by atoms with Crippen LogP contribution in [0.2, 0.25) is 5.02 Å². The van der Waals surface area contributed by atoms with Gasteiger partial charge in [-0.05, 0) is 36.4 Å². The minimum absolute atomic E-state index is 0.130. The third kappa shape index (κ3) is 3.67. The Morgan fingerprint density at radius 2 is 1.71 bits per heavy atom. The molecule has 2 N–H and O–H groups in total. The highest BCUT2D eigenvalue weighted by Gasteiger charge is 2.13. The lowest BCUT2D eigenvalue weighted by Crippen LogP contribution is -2.13. The van der Waals surface area contributed by atoms with Crippen molar-refractivity contribution in [1.29, 1.82) is 0 Å². The summed E-state index contributed by atoms with van der Waals surface area (Å²) in [5, 5.41) is 4.90. The fourth-order valence-electron chi connectivity index (χ4n) is 2.95. The predicted molar refractivity (Wildman–Crippen MR) is 112 cm³/mol. The van der Waals surface area contributed by atoms with Crippen molar-refractivity contribution in [1.82, 2.24) is 0 Å². The third-order valence-electron chi connectivity index (χ3n) is 4.16. The first-order valence-corrected chi connectivity index (χ1v) is 10.6. The van der Waals surface area contributed by atoms with Crippen molar-refractivity contribution in [3.05, 3.63) is 71.2 Å². The molecule has 0 aliphatic heterocycles. The Kier molecular flexibility index (Phi) is 4.49. The van der Waals surface area contributed by atoms with E-state index >= 15 is 0 Å². The second-order valence-corrected chi connectivity index (χ2v) is 8.49. The number of hydrogen-bond acceptors (Lipinski definition) is 4. The third-order valence-corrected chi connectivity index (χ3v) is 5.07. The van der Waals surface area contributed by atoms with Crippen LogP contribution < -0.4 is 10.0 Å². The minimum Gasteiger partial charge on any atom is -0.456 e. The summed E-state index contributed by atoms with van der Waals surface area (Å²) in [6.45, 7) is 0. The molecule has 1 aromatic heterocycles. The number of furan rings is 1. The molecule has 0 aliphatic rings. The number of rotatable bonds is 4. The van der Waals surface area contributed by atoms with Crippen LogP contribution in [0, 0.1) is 0 Å². The number of amides is 1. The zero-order valence-corrected chi connectivity index (χ0v) is 16.3. The fourth-order valence-corrected chi connectivity index (χ4v) is 3.81. The SMILES string of the molecule is CS(=O)(=O)Nc1ccc(C(=O)Nc2ccc3c(c2)oc2ccccc23)cc1Cl. The Labute approximate surface area is 166 Å². The molecule has 3 aromatic carbocycles. The van der Waals surface area contributed by atoms with E-state index in [1.165, 1.54) is 18.2 Å². The topological polar surface area (TPSA) is 88.4 Å². The Morgan fingerprint density at radius 1 is 0.964 bits per heavy atom. The second kappa shape index (κ2) is 6.85. The van der Waals surface area contributed by atoms with Gasteiger partial charge in [0, 0.05) is 28.1 Å². The summed E-state index contributed by atoms with van der Waals surface area (Å²) in [6.07, 6.45) is 1.03. The number of benzene rings is 3. The van der Waals surface area contributed by atoms with Crippen molar-refractivity contribution < 1.29 is 17.6 Å². The van der Waals surface area contributed by atoms with E-state index in [2.05, 4.69) is 10.0 Å². The zero-order chi connectivity index (χ0) is 19.9. The maximum atomic E-state index is 12.5. The van der Waals surface area contributed by atoms with Gasteiger partial charge in [0.05, 0.1) is 17.0 Å². The lowest BCUT2D eigenvalue weighted by Gasteiger charge is -2.09. The summed E-state index contributed by atoms with van der Waals surface area (Å²) >= 11 is 6.08. The number of nitrogens with one attached hydrogen (secondary N) is 2. The van der Waals surface area contributed by atoms with Crippen LogP contribution in [0.4, 0.5) is 11.4 Å². The van der Waals surface area contributed by atoms with E-state index in [-0.39, 0.29) is 16.6 Å². The van der Waals surface area contributed by atoms with Gasteiger partial charge in [-0.2, -0.15) is 0 Å². The van der Waals surface area contributed by atoms with Gasteiger partial charge in [0.2, 0.25) is 10.0 Å². The largest absolute Gasteiger partial charge is 0.456 e. The zero-order valence-electron chi connectivity index (χ0n) is 14.7. The van der Waals surface area contributed by atoms with Crippen molar-refractivity contribution in [2.75, 3.05) is 16.3 Å². The second-order valence-electron chi connectivity index (χ2n) is 6.33. The average molecular weight is 415 g/mol. The molecular formula is C20H15ClN2O4S. The predicted octanol–water partition coefficient (Wildman–Crippen LogP) is 4.86. The Hall–Kier alpha value is -3.03. The molecule has 142 valence electrons. The van der Waals surface area contributed by atoms with Gasteiger partial charge in [0.15, 0.2) is 0 Å². The van der Waals surface area contributed by atoms with Crippen LogP contribution in [-0.2, 0) is 10.0 Å². The van der Waals surface area contributed by atoms with Crippen LogP contribution in [0.15, 0.2) is 65.1 Å². The molecule has 1 amide bonds. The molecule has 0 aliphatic carbocycles. The van der Waals surface area contributed by atoms with Crippen molar-refractivity contribution in [2.45, 2.75) is 0 Å². The normalized spacial score (nSPS) is 11.6. The van der Waals surface area contributed by atoms with Crippen molar-refractivity contribution >= 4 is 60.8 Å².